The highest BCUT2D eigenvalue weighted by molar-refractivity contribution is 5.79. The molecule has 0 saturated heterocycles. The second-order valence-electron chi connectivity index (χ2n) is 4.75. The number of hydrogen-bond donors (Lipinski definition) is 4. The van der Waals surface area contributed by atoms with Gasteiger partial charge in [-0.3, -0.25) is 19.2 Å². The third-order valence-corrected chi connectivity index (χ3v) is 3.30. The van der Waals surface area contributed by atoms with Gasteiger partial charge in [-0.25, -0.2) is 10.5 Å². The van der Waals surface area contributed by atoms with E-state index in [2.05, 4.69) is 10.3 Å². The quantitative estimate of drug-likeness (QED) is 0.445. The molecule has 2 aromatic heterocycles. The van der Waals surface area contributed by atoms with E-state index in [9.17, 15) is 9.59 Å². The zero-order chi connectivity index (χ0) is 16.1. The molecule has 8 heteroatoms. The Bertz CT molecular complexity index is 695. The molecule has 0 spiro atoms. The number of aromatic nitrogens is 2. The highest BCUT2D eigenvalue weighted by Crippen LogP contribution is 2.21. The van der Waals surface area contributed by atoms with Crippen LogP contribution < -0.4 is 10.8 Å². The second kappa shape index (κ2) is 6.90. The summed E-state index contributed by atoms with van der Waals surface area (Å²) in [5.74, 6) is -1.05. The molecular formula is C14H18N4O4. The van der Waals surface area contributed by atoms with E-state index in [1.54, 1.807) is 0 Å². The fourth-order valence-corrected chi connectivity index (χ4v) is 2.30. The first-order valence-corrected chi connectivity index (χ1v) is 6.94. The number of pyridine rings is 1. The predicted molar refractivity (Wildman–Crippen MR) is 78.9 cm³/mol. The van der Waals surface area contributed by atoms with Gasteiger partial charge in [-0.15, -0.1) is 0 Å². The number of rotatable bonds is 7. The zero-order valence-electron chi connectivity index (χ0n) is 12.2. The van der Waals surface area contributed by atoms with Gasteiger partial charge in [0.05, 0.1) is 18.7 Å². The maximum Gasteiger partial charge on any atom is 0.303 e. The predicted octanol–water partition coefficient (Wildman–Crippen LogP) is 0.831. The molecule has 0 radical (unpaired) electrons. The third-order valence-electron chi connectivity index (χ3n) is 3.30. The highest BCUT2D eigenvalue weighted by atomic mass is 16.5. The van der Waals surface area contributed by atoms with Gasteiger partial charge in [0, 0.05) is 12.1 Å². The Morgan fingerprint density at radius 1 is 1.36 bits per heavy atom. The first kappa shape index (κ1) is 15.8. The molecule has 2 aromatic rings. The van der Waals surface area contributed by atoms with Crippen LogP contribution in [0.15, 0.2) is 18.2 Å². The Hall–Kier alpha value is -2.61. The van der Waals surface area contributed by atoms with Crippen molar-refractivity contribution in [1.82, 2.24) is 14.9 Å². The van der Waals surface area contributed by atoms with Crippen molar-refractivity contribution in [2.75, 3.05) is 11.9 Å². The minimum Gasteiger partial charge on any atom is -0.481 e. The molecule has 0 fully saturated rings. The van der Waals surface area contributed by atoms with Gasteiger partial charge in [0.15, 0.2) is 0 Å². The van der Waals surface area contributed by atoms with Crippen molar-refractivity contribution in [1.29, 1.82) is 0 Å². The number of carbonyl (C=O) groups is 2. The molecule has 118 valence electrons. The van der Waals surface area contributed by atoms with Crippen LogP contribution in [0.2, 0.25) is 0 Å². The Morgan fingerprint density at radius 3 is 2.77 bits per heavy atom. The fraction of sp³-hybridized carbons (Fsp3) is 0.357. The number of nitrogens with zero attached hydrogens (tertiary/aromatic N) is 2. The van der Waals surface area contributed by atoms with Crippen molar-refractivity contribution in [2.45, 2.75) is 26.2 Å². The molecule has 0 saturated carbocycles. The smallest absolute Gasteiger partial charge is 0.303 e. The van der Waals surface area contributed by atoms with E-state index in [0.29, 0.717) is 17.2 Å². The number of anilines is 1. The molecular weight excluding hydrogens is 288 g/mol. The average Bonchev–Trinajstić information content (AvgIpc) is 2.88. The summed E-state index contributed by atoms with van der Waals surface area (Å²) in [4.78, 5) is 26.4. The lowest BCUT2D eigenvalue weighted by Gasteiger charge is -2.08. The van der Waals surface area contributed by atoms with Crippen molar-refractivity contribution in [3.8, 4) is 0 Å². The summed E-state index contributed by atoms with van der Waals surface area (Å²) in [6.45, 7) is 1.85. The largest absolute Gasteiger partial charge is 0.481 e. The number of amides is 1. The van der Waals surface area contributed by atoms with E-state index >= 15 is 0 Å². The van der Waals surface area contributed by atoms with Crippen LogP contribution in [0.25, 0.3) is 5.65 Å². The number of nitrogens with one attached hydrogen (secondary N) is 2. The van der Waals surface area contributed by atoms with E-state index in [4.69, 9.17) is 10.3 Å². The maximum absolute atomic E-state index is 11.1. The number of imidazole rings is 1. The van der Waals surface area contributed by atoms with Crippen molar-refractivity contribution in [2.24, 2.45) is 0 Å². The number of hydrogen-bond acceptors (Lipinski definition) is 5. The molecule has 0 aliphatic heterocycles. The maximum atomic E-state index is 11.1. The second-order valence-corrected chi connectivity index (χ2v) is 4.75. The van der Waals surface area contributed by atoms with E-state index in [0.717, 1.165) is 12.1 Å². The number of hydroxylamine groups is 1. The molecule has 0 bridgehead atoms. The highest BCUT2D eigenvalue weighted by Gasteiger charge is 2.16. The summed E-state index contributed by atoms with van der Waals surface area (Å²) in [6, 6.07) is 5.65. The van der Waals surface area contributed by atoms with Crippen molar-refractivity contribution in [3.05, 3.63) is 29.6 Å². The van der Waals surface area contributed by atoms with Gasteiger partial charge in [0.2, 0.25) is 0 Å². The number of carboxylic acid groups (broad SMARTS) is 1. The fourth-order valence-electron chi connectivity index (χ4n) is 2.30. The average molecular weight is 306 g/mol. The zero-order valence-corrected chi connectivity index (χ0v) is 12.2. The molecule has 2 heterocycles. The van der Waals surface area contributed by atoms with Gasteiger partial charge in [-0.05, 0) is 18.6 Å². The number of carboxylic acids is 1. The first-order chi connectivity index (χ1) is 10.6. The van der Waals surface area contributed by atoms with Crippen LogP contribution >= 0.6 is 0 Å². The van der Waals surface area contributed by atoms with Crippen molar-refractivity contribution in [3.63, 3.8) is 0 Å². The summed E-state index contributed by atoms with van der Waals surface area (Å²) in [6.07, 6.45) is 1.02. The summed E-state index contributed by atoms with van der Waals surface area (Å²) in [5.41, 5.74) is 3.93. The lowest BCUT2D eigenvalue weighted by atomic mass is 10.2. The number of carbonyl (C=O) groups excluding carboxylic acids is 1. The van der Waals surface area contributed by atoms with Gasteiger partial charge < -0.3 is 10.4 Å². The standard InChI is InChI=1S/C14H18N4O4/c1-2-9-4-3-5-11-16-14(15-8-12(19)17-22)10(18(9)11)6-7-13(20)21/h3-5,15,22H,2,6-8H2,1H3,(H,17,19)(H,20,21). The molecule has 0 unspecified atom stereocenters. The van der Waals surface area contributed by atoms with Gasteiger partial charge in [0.25, 0.3) is 5.91 Å². The number of aryl methyl sites for hydroxylation is 2. The van der Waals surface area contributed by atoms with E-state index in [1.165, 1.54) is 5.48 Å². The minimum absolute atomic E-state index is 0.0350. The van der Waals surface area contributed by atoms with Crippen molar-refractivity contribution < 1.29 is 19.9 Å². The monoisotopic (exact) mass is 306 g/mol. The van der Waals surface area contributed by atoms with Crippen LogP contribution in [-0.4, -0.2) is 38.1 Å². The van der Waals surface area contributed by atoms with Crippen LogP contribution in [-0.2, 0) is 22.4 Å². The van der Waals surface area contributed by atoms with Gasteiger partial charge in [0.1, 0.15) is 11.5 Å². The SMILES string of the molecule is CCc1cccc2nc(NCC(=O)NO)c(CCC(=O)O)n12. The van der Waals surface area contributed by atoms with Gasteiger partial charge in [-0.1, -0.05) is 13.0 Å². The summed E-state index contributed by atoms with van der Waals surface area (Å²) in [7, 11) is 0. The van der Waals surface area contributed by atoms with E-state index < -0.39 is 11.9 Å². The molecule has 1 amide bonds. The third kappa shape index (κ3) is 3.34. The lowest BCUT2D eigenvalue weighted by Crippen LogP contribution is -2.27. The van der Waals surface area contributed by atoms with E-state index in [-0.39, 0.29) is 19.4 Å². The van der Waals surface area contributed by atoms with Crippen molar-refractivity contribution >= 4 is 23.3 Å². The molecule has 0 aliphatic carbocycles. The van der Waals surface area contributed by atoms with Crippen LogP contribution in [0.3, 0.4) is 0 Å². The summed E-state index contributed by atoms with van der Waals surface area (Å²) in [5, 5.41) is 20.3. The topological polar surface area (TPSA) is 116 Å². The Morgan fingerprint density at radius 2 is 2.14 bits per heavy atom. The van der Waals surface area contributed by atoms with E-state index in [1.807, 2.05) is 29.5 Å². The molecule has 0 aliphatic rings. The minimum atomic E-state index is -0.900. The first-order valence-electron chi connectivity index (χ1n) is 6.94. The molecule has 8 nitrogen and oxygen atoms in total. The summed E-state index contributed by atoms with van der Waals surface area (Å²) < 4.78 is 1.90. The van der Waals surface area contributed by atoms with Crippen LogP contribution in [0.5, 0.6) is 0 Å². The molecule has 2 rings (SSSR count). The Labute approximate surface area is 126 Å². The molecule has 4 N–H and O–H groups in total. The molecule has 0 aromatic carbocycles. The number of aliphatic carboxylic acids is 1. The van der Waals surface area contributed by atoms with Gasteiger partial charge >= 0.3 is 5.97 Å². The summed E-state index contributed by atoms with van der Waals surface area (Å²) >= 11 is 0. The normalized spacial score (nSPS) is 10.6. The lowest BCUT2D eigenvalue weighted by molar-refractivity contribution is -0.137. The van der Waals surface area contributed by atoms with Crippen LogP contribution in [0, 0.1) is 0 Å². The Kier molecular flexibility index (Phi) is 4.95. The van der Waals surface area contributed by atoms with Crippen LogP contribution in [0.4, 0.5) is 5.82 Å². The molecule has 0 atom stereocenters. The molecule has 22 heavy (non-hydrogen) atoms. The Balaban J connectivity index is 2.42. The van der Waals surface area contributed by atoms with Gasteiger partial charge in [-0.2, -0.15) is 0 Å². The number of fused-ring (bicyclic) bond motifs is 1. The van der Waals surface area contributed by atoms with Crippen LogP contribution in [0.1, 0.15) is 24.7 Å².